The standard InChI is InChI=1S/C15H18BrN5O2S/c1-9(14(23)18-11-5-3-4-10(16)8-11)24-15-20-19-13(21(15)2)7-6-12(17)22/h3-5,8-9H,6-7H2,1-2H3,(H2,17,22)(H,18,23)/t9-/m1/s1. The minimum Gasteiger partial charge on any atom is -0.370 e. The number of carbonyl (C=O) groups excluding carboxylic acids is 2. The van der Waals surface area contributed by atoms with Gasteiger partial charge in [0.25, 0.3) is 0 Å². The molecular weight excluding hydrogens is 394 g/mol. The Bertz CT molecular complexity index is 749. The van der Waals surface area contributed by atoms with Gasteiger partial charge in [-0.05, 0) is 25.1 Å². The maximum Gasteiger partial charge on any atom is 0.237 e. The zero-order valence-electron chi connectivity index (χ0n) is 13.3. The summed E-state index contributed by atoms with van der Waals surface area (Å²) in [5, 5.41) is 11.2. The lowest BCUT2D eigenvalue weighted by Gasteiger charge is -2.12. The number of aryl methyl sites for hydroxylation is 1. The number of halogens is 1. The molecule has 1 aromatic carbocycles. The van der Waals surface area contributed by atoms with E-state index in [9.17, 15) is 9.59 Å². The lowest BCUT2D eigenvalue weighted by atomic mass is 10.3. The Morgan fingerprint density at radius 3 is 2.83 bits per heavy atom. The van der Waals surface area contributed by atoms with Crippen LogP contribution in [-0.2, 0) is 23.1 Å². The minimum absolute atomic E-state index is 0.125. The molecule has 0 saturated heterocycles. The van der Waals surface area contributed by atoms with Gasteiger partial charge in [0, 0.05) is 30.0 Å². The predicted octanol–water partition coefficient (Wildman–Crippen LogP) is 2.11. The van der Waals surface area contributed by atoms with E-state index in [1.54, 1.807) is 18.5 Å². The Balaban J connectivity index is 1.97. The third-order valence-electron chi connectivity index (χ3n) is 3.26. The van der Waals surface area contributed by atoms with Gasteiger partial charge >= 0.3 is 0 Å². The molecule has 24 heavy (non-hydrogen) atoms. The molecule has 0 spiro atoms. The number of benzene rings is 1. The number of primary amides is 1. The summed E-state index contributed by atoms with van der Waals surface area (Å²) in [4.78, 5) is 23.2. The zero-order chi connectivity index (χ0) is 17.7. The van der Waals surface area contributed by atoms with E-state index in [2.05, 4.69) is 31.4 Å². The van der Waals surface area contributed by atoms with E-state index in [1.807, 2.05) is 24.3 Å². The summed E-state index contributed by atoms with van der Waals surface area (Å²) in [6, 6.07) is 7.40. The van der Waals surface area contributed by atoms with Gasteiger partial charge in [-0.2, -0.15) is 0 Å². The zero-order valence-corrected chi connectivity index (χ0v) is 15.7. The molecule has 3 N–H and O–H groups in total. The molecule has 1 aromatic heterocycles. The van der Waals surface area contributed by atoms with Crippen LogP contribution >= 0.6 is 27.7 Å². The summed E-state index contributed by atoms with van der Waals surface area (Å²) in [7, 11) is 1.80. The number of nitrogens with one attached hydrogen (secondary N) is 1. The third kappa shape index (κ3) is 5.07. The van der Waals surface area contributed by atoms with Crippen LogP contribution in [-0.4, -0.2) is 31.8 Å². The molecule has 2 rings (SSSR count). The molecule has 0 aliphatic rings. The van der Waals surface area contributed by atoms with E-state index in [0.29, 0.717) is 17.4 Å². The van der Waals surface area contributed by atoms with Crippen LogP contribution in [0.1, 0.15) is 19.2 Å². The molecule has 0 saturated carbocycles. The second kappa shape index (κ2) is 8.29. The van der Waals surface area contributed by atoms with Crippen LogP contribution in [0.4, 0.5) is 5.69 Å². The van der Waals surface area contributed by atoms with Gasteiger partial charge in [0.1, 0.15) is 5.82 Å². The van der Waals surface area contributed by atoms with Crippen molar-refractivity contribution in [2.75, 3.05) is 5.32 Å². The molecule has 1 heterocycles. The maximum atomic E-state index is 12.3. The van der Waals surface area contributed by atoms with Gasteiger partial charge in [-0.3, -0.25) is 9.59 Å². The quantitative estimate of drug-likeness (QED) is 0.679. The predicted molar refractivity (Wildman–Crippen MR) is 96.6 cm³/mol. The van der Waals surface area contributed by atoms with Crippen molar-refractivity contribution in [3.05, 3.63) is 34.6 Å². The Morgan fingerprint density at radius 2 is 2.17 bits per heavy atom. The summed E-state index contributed by atoms with van der Waals surface area (Å²) in [5.41, 5.74) is 5.87. The van der Waals surface area contributed by atoms with Crippen LogP contribution < -0.4 is 11.1 Å². The lowest BCUT2D eigenvalue weighted by molar-refractivity contribution is -0.118. The molecule has 1 atom stereocenters. The molecule has 0 unspecified atom stereocenters. The van der Waals surface area contributed by atoms with Crippen LogP contribution in [0.25, 0.3) is 0 Å². The highest BCUT2D eigenvalue weighted by Gasteiger charge is 2.19. The molecule has 2 amide bonds. The van der Waals surface area contributed by atoms with Gasteiger partial charge in [-0.25, -0.2) is 0 Å². The van der Waals surface area contributed by atoms with Gasteiger partial charge in [-0.15, -0.1) is 10.2 Å². The topological polar surface area (TPSA) is 103 Å². The Kier molecular flexibility index (Phi) is 6.38. The van der Waals surface area contributed by atoms with Gasteiger partial charge in [-0.1, -0.05) is 33.8 Å². The number of rotatable bonds is 7. The molecule has 0 aliphatic carbocycles. The van der Waals surface area contributed by atoms with Crippen molar-refractivity contribution in [1.29, 1.82) is 0 Å². The first kappa shape index (κ1) is 18.5. The SMILES string of the molecule is C[C@@H](Sc1nnc(CCC(N)=O)n1C)C(=O)Nc1cccc(Br)c1. The summed E-state index contributed by atoms with van der Waals surface area (Å²) < 4.78 is 2.67. The first-order chi connectivity index (χ1) is 11.4. The number of amides is 2. The molecular formula is C15H18BrN5O2S. The summed E-state index contributed by atoms with van der Waals surface area (Å²) >= 11 is 4.68. The minimum atomic E-state index is -0.381. The molecule has 0 bridgehead atoms. The van der Waals surface area contributed by atoms with Gasteiger partial charge < -0.3 is 15.6 Å². The lowest BCUT2D eigenvalue weighted by Crippen LogP contribution is -2.22. The number of anilines is 1. The van der Waals surface area contributed by atoms with E-state index in [1.165, 1.54) is 11.8 Å². The highest BCUT2D eigenvalue weighted by atomic mass is 79.9. The fourth-order valence-corrected chi connectivity index (χ4v) is 3.16. The second-order valence-electron chi connectivity index (χ2n) is 5.18. The number of nitrogens with two attached hydrogens (primary N) is 1. The fourth-order valence-electron chi connectivity index (χ4n) is 1.92. The molecule has 2 aromatic rings. The van der Waals surface area contributed by atoms with Crippen molar-refractivity contribution in [2.45, 2.75) is 30.2 Å². The Labute approximate surface area is 152 Å². The molecule has 0 radical (unpaired) electrons. The van der Waals surface area contributed by atoms with Crippen LogP contribution in [0.15, 0.2) is 33.9 Å². The fraction of sp³-hybridized carbons (Fsp3) is 0.333. The average molecular weight is 412 g/mol. The van der Waals surface area contributed by atoms with Crippen LogP contribution in [0.5, 0.6) is 0 Å². The summed E-state index contributed by atoms with van der Waals surface area (Å²) in [5.74, 6) is 0.157. The van der Waals surface area contributed by atoms with Crippen LogP contribution in [0.2, 0.25) is 0 Å². The van der Waals surface area contributed by atoms with Crippen molar-refractivity contribution in [3.63, 3.8) is 0 Å². The number of hydrogen-bond acceptors (Lipinski definition) is 5. The van der Waals surface area contributed by atoms with Crippen LogP contribution in [0, 0.1) is 0 Å². The number of nitrogens with zero attached hydrogens (tertiary/aromatic N) is 3. The first-order valence-electron chi connectivity index (χ1n) is 7.26. The van der Waals surface area contributed by atoms with Crippen molar-refractivity contribution in [2.24, 2.45) is 12.8 Å². The summed E-state index contributed by atoms with van der Waals surface area (Å²) in [6.07, 6.45) is 0.646. The highest BCUT2D eigenvalue weighted by molar-refractivity contribution is 9.10. The largest absolute Gasteiger partial charge is 0.370 e. The summed E-state index contributed by atoms with van der Waals surface area (Å²) in [6.45, 7) is 1.80. The molecule has 128 valence electrons. The molecule has 9 heteroatoms. The first-order valence-corrected chi connectivity index (χ1v) is 8.93. The smallest absolute Gasteiger partial charge is 0.237 e. The normalized spacial score (nSPS) is 12.0. The molecule has 0 fully saturated rings. The second-order valence-corrected chi connectivity index (χ2v) is 7.41. The van der Waals surface area contributed by atoms with Gasteiger partial charge in [0.05, 0.1) is 5.25 Å². The van der Waals surface area contributed by atoms with Crippen molar-refractivity contribution < 1.29 is 9.59 Å². The third-order valence-corrected chi connectivity index (χ3v) is 4.89. The van der Waals surface area contributed by atoms with E-state index in [-0.39, 0.29) is 23.5 Å². The van der Waals surface area contributed by atoms with E-state index < -0.39 is 0 Å². The van der Waals surface area contributed by atoms with Crippen molar-refractivity contribution in [1.82, 2.24) is 14.8 Å². The number of hydrogen-bond donors (Lipinski definition) is 2. The van der Waals surface area contributed by atoms with Gasteiger partial charge in [0.2, 0.25) is 11.8 Å². The van der Waals surface area contributed by atoms with Crippen LogP contribution in [0.3, 0.4) is 0 Å². The number of carbonyl (C=O) groups is 2. The number of thioether (sulfide) groups is 1. The van der Waals surface area contributed by atoms with Crippen molar-refractivity contribution >= 4 is 45.2 Å². The van der Waals surface area contributed by atoms with Gasteiger partial charge in [0.15, 0.2) is 5.16 Å². The number of aromatic nitrogens is 3. The Morgan fingerprint density at radius 1 is 1.42 bits per heavy atom. The average Bonchev–Trinajstić information content (AvgIpc) is 2.85. The Hall–Kier alpha value is -1.87. The van der Waals surface area contributed by atoms with E-state index in [0.717, 1.165) is 10.2 Å². The van der Waals surface area contributed by atoms with E-state index in [4.69, 9.17) is 5.73 Å². The molecule has 0 aliphatic heterocycles. The maximum absolute atomic E-state index is 12.3. The van der Waals surface area contributed by atoms with E-state index >= 15 is 0 Å². The highest BCUT2D eigenvalue weighted by Crippen LogP contribution is 2.23. The monoisotopic (exact) mass is 411 g/mol. The van der Waals surface area contributed by atoms with Crippen molar-refractivity contribution in [3.8, 4) is 0 Å². The molecule has 7 nitrogen and oxygen atoms in total.